The number of para-hydroxylation sites is 2. The van der Waals surface area contributed by atoms with Crippen LogP contribution in [0.3, 0.4) is 0 Å². The smallest absolute Gasteiger partial charge is 0.267 e. The van der Waals surface area contributed by atoms with Gasteiger partial charge in [0.2, 0.25) is 10.0 Å². The molecule has 2 aliphatic rings. The van der Waals surface area contributed by atoms with E-state index in [1.807, 2.05) is 18.2 Å². The maximum Gasteiger partial charge on any atom is 0.267 e. The van der Waals surface area contributed by atoms with E-state index in [0.29, 0.717) is 40.7 Å². The molecule has 0 amide bonds. The maximum absolute atomic E-state index is 13.7. The van der Waals surface area contributed by atoms with Gasteiger partial charge in [0.05, 0.1) is 20.8 Å². The number of rotatable bonds is 5. The van der Waals surface area contributed by atoms with Gasteiger partial charge in [-0.15, -0.1) is 0 Å². The van der Waals surface area contributed by atoms with Crippen LogP contribution in [0, 0.1) is 0 Å². The van der Waals surface area contributed by atoms with E-state index in [-0.39, 0.29) is 22.3 Å². The van der Waals surface area contributed by atoms with Crippen LogP contribution < -0.4 is 9.21 Å². The van der Waals surface area contributed by atoms with Crippen molar-refractivity contribution in [1.82, 2.24) is 14.3 Å². The van der Waals surface area contributed by atoms with E-state index in [4.69, 9.17) is 16.6 Å². The van der Waals surface area contributed by atoms with Crippen molar-refractivity contribution >= 4 is 60.0 Å². The van der Waals surface area contributed by atoms with Gasteiger partial charge in [0.15, 0.2) is 11.6 Å². The second-order valence-corrected chi connectivity index (χ2v) is 13.1. The summed E-state index contributed by atoms with van der Waals surface area (Å²) in [4.78, 5) is 11.4. The molecule has 0 atom stereocenters. The largest absolute Gasteiger partial charge is 0.304 e. The third-order valence-electron chi connectivity index (χ3n) is 6.55. The monoisotopic (exact) mass is 555 g/mol. The van der Waals surface area contributed by atoms with Crippen molar-refractivity contribution in [2.75, 3.05) is 29.0 Å². The summed E-state index contributed by atoms with van der Waals surface area (Å²) in [6, 6.07) is 19.6. The Kier molecular flexibility index (Phi) is 5.83. The SMILES string of the molecule is O=S(=O)(c1ccc(N2CN(S(=O)(=O)c3ccc(Cl)cc3)c3nc4ccccc4nc32)cc1)N1CCCC1. The van der Waals surface area contributed by atoms with E-state index >= 15 is 0 Å². The summed E-state index contributed by atoms with van der Waals surface area (Å²) in [5.74, 6) is 0.564. The molecule has 4 aromatic rings. The summed E-state index contributed by atoms with van der Waals surface area (Å²) in [6.07, 6.45) is 1.71. The van der Waals surface area contributed by atoms with Crippen LogP contribution in [0.2, 0.25) is 5.02 Å². The molecule has 0 unspecified atom stereocenters. The van der Waals surface area contributed by atoms with Gasteiger partial charge in [-0.05, 0) is 73.5 Å². The van der Waals surface area contributed by atoms with E-state index in [0.717, 1.165) is 12.8 Å². The fourth-order valence-electron chi connectivity index (χ4n) is 4.60. The van der Waals surface area contributed by atoms with Gasteiger partial charge < -0.3 is 4.90 Å². The zero-order chi connectivity index (χ0) is 25.8. The summed E-state index contributed by atoms with van der Waals surface area (Å²) in [6.45, 7) is 0.961. The fourth-order valence-corrected chi connectivity index (χ4v) is 7.59. The molecule has 1 aromatic heterocycles. The molecular formula is C25H22ClN5O4S2. The van der Waals surface area contributed by atoms with Gasteiger partial charge in [0.1, 0.15) is 6.67 Å². The van der Waals surface area contributed by atoms with E-state index in [2.05, 4.69) is 4.98 Å². The lowest BCUT2D eigenvalue weighted by atomic mass is 10.3. The van der Waals surface area contributed by atoms with Gasteiger partial charge in [0, 0.05) is 23.8 Å². The van der Waals surface area contributed by atoms with Gasteiger partial charge in [0.25, 0.3) is 10.0 Å². The molecule has 190 valence electrons. The molecule has 0 bridgehead atoms. The molecular weight excluding hydrogens is 534 g/mol. The Labute approximate surface area is 220 Å². The lowest BCUT2D eigenvalue weighted by Crippen LogP contribution is -2.34. The van der Waals surface area contributed by atoms with Crippen LogP contribution in [0.25, 0.3) is 11.0 Å². The van der Waals surface area contributed by atoms with Crippen LogP contribution >= 0.6 is 11.6 Å². The van der Waals surface area contributed by atoms with E-state index < -0.39 is 20.0 Å². The molecule has 0 saturated carbocycles. The van der Waals surface area contributed by atoms with Gasteiger partial charge in [-0.2, -0.15) is 4.31 Å². The van der Waals surface area contributed by atoms with E-state index in [9.17, 15) is 16.8 Å². The normalized spacial score (nSPS) is 16.5. The highest BCUT2D eigenvalue weighted by Crippen LogP contribution is 2.42. The van der Waals surface area contributed by atoms with E-state index in [1.165, 1.54) is 32.9 Å². The van der Waals surface area contributed by atoms with Crippen molar-refractivity contribution in [2.24, 2.45) is 0 Å². The first-order chi connectivity index (χ1) is 17.7. The predicted octanol–water partition coefficient (Wildman–Crippen LogP) is 4.37. The zero-order valence-electron chi connectivity index (χ0n) is 19.5. The van der Waals surface area contributed by atoms with Crippen LogP contribution in [0.5, 0.6) is 0 Å². The average molecular weight is 556 g/mol. The summed E-state index contributed by atoms with van der Waals surface area (Å²) in [7, 11) is -7.57. The number of fused-ring (bicyclic) bond motifs is 2. The first kappa shape index (κ1) is 24.1. The topological polar surface area (TPSA) is 104 Å². The Balaban J connectivity index is 1.43. The second kappa shape index (κ2) is 8.95. The Hall–Kier alpha value is -3.25. The molecule has 3 heterocycles. The molecule has 1 fully saturated rings. The number of aromatic nitrogens is 2. The van der Waals surface area contributed by atoms with Crippen LogP contribution in [-0.2, 0) is 20.0 Å². The Morgan fingerprint density at radius 2 is 1.22 bits per heavy atom. The molecule has 37 heavy (non-hydrogen) atoms. The molecule has 0 radical (unpaired) electrons. The molecule has 0 N–H and O–H groups in total. The number of anilines is 3. The molecule has 6 rings (SSSR count). The third-order valence-corrected chi connectivity index (χ3v) is 10.5. The number of benzene rings is 3. The van der Waals surface area contributed by atoms with Gasteiger partial charge in [-0.25, -0.2) is 31.1 Å². The minimum atomic E-state index is -3.99. The fraction of sp³-hybridized carbons (Fsp3) is 0.200. The average Bonchev–Trinajstić information content (AvgIpc) is 3.57. The lowest BCUT2D eigenvalue weighted by Gasteiger charge is -2.21. The molecule has 0 spiro atoms. The number of halogens is 1. The van der Waals surface area contributed by atoms with Gasteiger partial charge in [-0.3, -0.25) is 0 Å². The van der Waals surface area contributed by atoms with Crippen molar-refractivity contribution < 1.29 is 16.8 Å². The Morgan fingerprint density at radius 3 is 1.84 bits per heavy atom. The number of hydrogen-bond acceptors (Lipinski definition) is 7. The van der Waals surface area contributed by atoms with Crippen molar-refractivity contribution in [3.8, 4) is 0 Å². The van der Waals surface area contributed by atoms with E-state index in [1.54, 1.807) is 35.2 Å². The molecule has 2 aliphatic heterocycles. The highest BCUT2D eigenvalue weighted by molar-refractivity contribution is 7.92. The van der Waals surface area contributed by atoms with Crippen LogP contribution in [-0.4, -0.2) is 50.9 Å². The minimum absolute atomic E-state index is 0.0746. The van der Waals surface area contributed by atoms with Crippen LogP contribution in [0.1, 0.15) is 12.8 Å². The first-order valence-corrected chi connectivity index (χ1v) is 14.9. The summed E-state index contributed by atoms with van der Waals surface area (Å²) >= 11 is 5.97. The Morgan fingerprint density at radius 1 is 0.676 bits per heavy atom. The third kappa shape index (κ3) is 4.11. The number of hydrogen-bond donors (Lipinski definition) is 0. The zero-order valence-corrected chi connectivity index (χ0v) is 21.9. The summed E-state index contributed by atoms with van der Waals surface area (Å²) < 4.78 is 56.0. The van der Waals surface area contributed by atoms with Gasteiger partial charge in [-0.1, -0.05) is 23.7 Å². The second-order valence-electron chi connectivity index (χ2n) is 8.84. The molecule has 3 aromatic carbocycles. The molecule has 0 aliphatic carbocycles. The highest BCUT2D eigenvalue weighted by atomic mass is 35.5. The molecule has 12 heteroatoms. The van der Waals surface area contributed by atoms with Gasteiger partial charge >= 0.3 is 0 Å². The van der Waals surface area contributed by atoms with Crippen LogP contribution in [0.4, 0.5) is 17.3 Å². The highest BCUT2D eigenvalue weighted by Gasteiger charge is 2.39. The van der Waals surface area contributed by atoms with Crippen LogP contribution in [0.15, 0.2) is 82.6 Å². The number of sulfonamides is 2. The Bertz CT molecular complexity index is 1710. The minimum Gasteiger partial charge on any atom is -0.304 e. The standard InChI is InChI=1S/C25H22ClN5O4S2/c26-18-7-11-21(12-8-18)37(34,35)31-17-30(24-25(31)28-23-6-2-1-5-22(23)27-24)19-9-13-20(14-10-19)36(32,33)29-15-3-4-16-29/h1-2,5-14H,3-4,15-17H2. The van der Waals surface area contributed by atoms with Crippen molar-refractivity contribution in [3.63, 3.8) is 0 Å². The van der Waals surface area contributed by atoms with Crippen molar-refractivity contribution in [3.05, 3.63) is 77.8 Å². The lowest BCUT2D eigenvalue weighted by molar-refractivity contribution is 0.477. The summed E-state index contributed by atoms with van der Waals surface area (Å²) in [5.41, 5.74) is 1.77. The first-order valence-electron chi connectivity index (χ1n) is 11.7. The predicted molar refractivity (Wildman–Crippen MR) is 142 cm³/mol. The number of nitrogens with zero attached hydrogens (tertiary/aromatic N) is 5. The quantitative estimate of drug-likeness (QED) is 0.360. The van der Waals surface area contributed by atoms with Crippen molar-refractivity contribution in [1.29, 1.82) is 0 Å². The molecule has 9 nitrogen and oxygen atoms in total. The summed E-state index contributed by atoms with van der Waals surface area (Å²) in [5, 5.41) is 0.428. The molecule has 1 saturated heterocycles. The maximum atomic E-state index is 13.7. The van der Waals surface area contributed by atoms with Crippen molar-refractivity contribution in [2.45, 2.75) is 22.6 Å².